The molecule has 0 heterocycles. The van der Waals surface area contributed by atoms with E-state index in [0.717, 1.165) is 6.42 Å². The van der Waals surface area contributed by atoms with Gasteiger partial charge in [-0.1, -0.05) is 18.5 Å². The second-order valence-electron chi connectivity index (χ2n) is 8.05. The largest absolute Gasteiger partial charge is 0.462 e. The van der Waals surface area contributed by atoms with Crippen molar-refractivity contribution in [3.63, 3.8) is 0 Å². The molecule has 0 radical (unpaired) electrons. The first kappa shape index (κ1) is 28.2. The number of hydrogen-bond donors (Lipinski definition) is 2. The molecule has 3 aromatic carbocycles. The van der Waals surface area contributed by atoms with Gasteiger partial charge < -0.3 is 24.8 Å². The number of carbonyl (C=O) groups is 4. The fraction of sp³-hybridized carbons (Fsp3) is 0.214. The van der Waals surface area contributed by atoms with Gasteiger partial charge in [0.15, 0.2) is 6.61 Å². The molecule has 0 aliphatic carbocycles. The van der Waals surface area contributed by atoms with E-state index in [9.17, 15) is 19.2 Å². The summed E-state index contributed by atoms with van der Waals surface area (Å²) in [6.45, 7) is 1.73. The van der Waals surface area contributed by atoms with Crippen LogP contribution in [-0.4, -0.2) is 37.0 Å². The maximum Gasteiger partial charge on any atom is 0.338 e. The monoisotopic (exact) mass is 538 g/mol. The molecule has 0 atom stereocenters. The van der Waals surface area contributed by atoms with Crippen molar-refractivity contribution in [2.45, 2.75) is 26.2 Å². The summed E-state index contributed by atoms with van der Waals surface area (Å²) in [7, 11) is 0. The van der Waals surface area contributed by atoms with Gasteiger partial charge in [-0.3, -0.25) is 14.4 Å². The maximum atomic E-state index is 12.2. The van der Waals surface area contributed by atoms with Gasteiger partial charge in [-0.15, -0.1) is 0 Å². The van der Waals surface area contributed by atoms with Crippen molar-refractivity contribution in [1.82, 2.24) is 0 Å². The van der Waals surface area contributed by atoms with Gasteiger partial charge in [-0.05, 0) is 79.2 Å². The Bertz CT molecular complexity index is 1240. The molecule has 3 aromatic rings. The standard InChI is InChI=1S/C28H27ClN2O7/c1-2-17-36-28(35)19-3-7-21(8-4-19)31-26(33)18-37-27(34)16-15-25(32)30-22-9-13-24(14-10-22)38-23-11-5-20(29)6-12-23/h3-14H,2,15-18H2,1H3,(H,30,32)(H,31,33). The van der Waals surface area contributed by atoms with Gasteiger partial charge in [0, 0.05) is 22.8 Å². The molecule has 0 spiro atoms. The van der Waals surface area contributed by atoms with Crippen LogP contribution in [0.25, 0.3) is 0 Å². The van der Waals surface area contributed by atoms with Crippen LogP contribution < -0.4 is 15.4 Å². The van der Waals surface area contributed by atoms with E-state index in [4.69, 9.17) is 25.8 Å². The van der Waals surface area contributed by atoms with Gasteiger partial charge in [0.1, 0.15) is 11.5 Å². The number of carbonyl (C=O) groups excluding carboxylic acids is 4. The zero-order valence-electron chi connectivity index (χ0n) is 20.7. The lowest BCUT2D eigenvalue weighted by atomic mass is 10.2. The highest BCUT2D eigenvalue weighted by molar-refractivity contribution is 6.30. The first-order valence-corrected chi connectivity index (χ1v) is 12.3. The van der Waals surface area contributed by atoms with Gasteiger partial charge in [-0.2, -0.15) is 0 Å². The molecular weight excluding hydrogens is 512 g/mol. The first-order valence-electron chi connectivity index (χ1n) is 11.9. The SMILES string of the molecule is CCCOC(=O)c1ccc(NC(=O)COC(=O)CCC(=O)Nc2ccc(Oc3ccc(Cl)cc3)cc2)cc1. The van der Waals surface area contributed by atoms with E-state index in [1.54, 1.807) is 60.7 Å². The Labute approximate surface area is 225 Å². The second kappa shape index (κ2) is 14.4. The van der Waals surface area contributed by atoms with E-state index < -0.39 is 24.5 Å². The third-order valence-electron chi connectivity index (χ3n) is 4.95. The van der Waals surface area contributed by atoms with Crippen LogP contribution in [0.2, 0.25) is 5.02 Å². The Morgan fingerprint density at radius 3 is 1.87 bits per heavy atom. The Hall–Kier alpha value is -4.37. The molecule has 2 N–H and O–H groups in total. The highest BCUT2D eigenvalue weighted by Crippen LogP contribution is 2.24. The molecule has 0 fully saturated rings. The lowest BCUT2D eigenvalue weighted by Gasteiger charge is -2.09. The molecular formula is C28H27ClN2O7. The molecule has 0 aromatic heterocycles. The van der Waals surface area contributed by atoms with Crippen LogP contribution in [0.4, 0.5) is 11.4 Å². The van der Waals surface area contributed by atoms with Crippen LogP contribution in [0.3, 0.4) is 0 Å². The quantitative estimate of drug-likeness (QED) is 0.288. The molecule has 0 unspecified atom stereocenters. The Balaban J connectivity index is 1.34. The molecule has 10 heteroatoms. The predicted octanol–water partition coefficient (Wildman–Crippen LogP) is 5.60. The van der Waals surface area contributed by atoms with E-state index in [1.165, 1.54) is 12.1 Å². The summed E-state index contributed by atoms with van der Waals surface area (Å²) in [5, 5.41) is 5.86. The molecule has 3 rings (SSSR count). The molecule has 38 heavy (non-hydrogen) atoms. The zero-order valence-corrected chi connectivity index (χ0v) is 21.5. The number of nitrogens with one attached hydrogen (secondary N) is 2. The molecule has 198 valence electrons. The van der Waals surface area contributed by atoms with Crippen LogP contribution in [-0.2, 0) is 23.9 Å². The van der Waals surface area contributed by atoms with E-state index in [2.05, 4.69) is 10.6 Å². The van der Waals surface area contributed by atoms with Crippen LogP contribution in [0, 0.1) is 0 Å². The highest BCUT2D eigenvalue weighted by Gasteiger charge is 2.12. The van der Waals surface area contributed by atoms with Crippen LogP contribution in [0.15, 0.2) is 72.8 Å². The summed E-state index contributed by atoms with van der Waals surface area (Å²) >= 11 is 5.86. The van der Waals surface area contributed by atoms with Gasteiger partial charge in [0.05, 0.1) is 18.6 Å². The van der Waals surface area contributed by atoms with Crippen molar-refractivity contribution in [3.8, 4) is 11.5 Å². The fourth-order valence-electron chi connectivity index (χ4n) is 3.07. The number of anilines is 2. The molecule has 9 nitrogen and oxygen atoms in total. The van der Waals surface area contributed by atoms with Crippen molar-refractivity contribution in [2.75, 3.05) is 23.8 Å². The lowest BCUT2D eigenvalue weighted by molar-refractivity contribution is -0.147. The Kier molecular flexibility index (Phi) is 10.7. The normalized spacial score (nSPS) is 10.3. The number of hydrogen-bond acceptors (Lipinski definition) is 7. The van der Waals surface area contributed by atoms with Crippen molar-refractivity contribution >= 4 is 46.7 Å². The zero-order chi connectivity index (χ0) is 27.3. The van der Waals surface area contributed by atoms with Gasteiger partial charge in [0.25, 0.3) is 5.91 Å². The van der Waals surface area contributed by atoms with Crippen molar-refractivity contribution < 1.29 is 33.4 Å². The number of rotatable bonds is 12. The number of amides is 2. The summed E-state index contributed by atoms with van der Waals surface area (Å²) < 4.78 is 15.7. The average Bonchev–Trinajstić information content (AvgIpc) is 2.92. The molecule has 0 aliphatic rings. The summed E-state index contributed by atoms with van der Waals surface area (Å²) in [5.41, 5.74) is 1.33. The summed E-state index contributed by atoms with van der Waals surface area (Å²) in [6.07, 6.45) is 0.421. The first-order chi connectivity index (χ1) is 18.3. The Morgan fingerprint density at radius 1 is 0.711 bits per heavy atom. The fourth-order valence-corrected chi connectivity index (χ4v) is 3.19. The number of esters is 2. The van der Waals surface area contributed by atoms with Gasteiger partial charge in [0.2, 0.25) is 5.91 Å². The van der Waals surface area contributed by atoms with Crippen LogP contribution >= 0.6 is 11.6 Å². The highest BCUT2D eigenvalue weighted by atomic mass is 35.5. The maximum absolute atomic E-state index is 12.2. The number of benzene rings is 3. The number of ether oxygens (including phenoxy) is 3. The lowest BCUT2D eigenvalue weighted by Crippen LogP contribution is -2.21. The smallest absolute Gasteiger partial charge is 0.338 e. The average molecular weight is 539 g/mol. The third kappa shape index (κ3) is 9.59. The molecule has 0 bridgehead atoms. The summed E-state index contributed by atoms with van der Waals surface area (Å²) in [4.78, 5) is 48.0. The number of halogens is 1. The Morgan fingerprint density at radius 2 is 1.26 bits per heavy atom. The second-order valence-corrected chi connectivity index (χ2v) is 8.49. The van der Waals surface area contributed by atoms with Gasteiger partial charge in [-0.25, -0.2) is 4.79 Å². The van der Waals surface area contributed by atoms with E-state index in [-0.39, 0.29) is 18.7 Å². The summed E-state index contributed by atoms with van der Waals surface area (Å²) in [5.74, 6) is -0.850. The minimum atomic E-state index is -0.684. The van der Waals surface area contributed by atoms with Crippen molar-refractivity contribution in [2.24, 2.45) is 0 Å². The van der Waals surface area contributed by atoms with Crippen molar-refractivity contribution in [1.29, 1.82) is 0 Å². The topological polar surface area (TPSA) is 120 Å². The van der Waals surface area contributed by atoms with E-state index in [0.29, 0.717) is 40.1 Å². The van der Waals surface area contributed by atoms with Crippen molar-refractivity contribution in [3.05, 3.63) is 83.4 Å². The van der Waals surface area contributed by atoms with Crippen LogP contribution in [0.5, 0.6) is 11.5 Å². The predicted molar refractivity (Wildman–Crippen MR) is 142 cm³/mol. The molecule has 0 saturated carbocycles. The van der Waals surface area contributed by atoms with E-state index >= 15 is 0 Å². The minimum Gasteiger partial charge on any atom is -0.462 e. The molecule has 2 amide bonds. The third-order valence-corrected chi connectivity index (χ3v) is 5.20. The van der Waals surface area contributed by atoms with Gasteiger partial charge >= 0.3 is 11.9 Å². The molecule has 0 saturated heterocycles. The van der Waals surface area contributed by atoms with Crippen LogP contribution in [0.1, 0.15) is 36.5 Å². The summed E-state index contributed by atoms with van der Waals surface area (Å²) in [6, 6.07) is 19.8. The van der Waals surface area contributed by atoms with E-state index in [1.807, 2.05) is 6.92 Å². The molecule has 0 aliphatic heterocycles. The minimum absolute atomic E-state index is 0.112.